The van der Waals surface area contributed by atoms with Gasteiger partial charge in [-0.1, -0.05) is 73.4 Å². The maximum absolute atomic E-state index is 6.09. The smallest absolute Gasteiger partial charge is 0.0780 e. The van der Waals surface area contributed by atoms with Crippen LogP contribution >= 0.6 is 0 Å². The Labute approximate surface area is 355 Å². The number of benzene rings is 5. The number of aryl methyl sites for hydroxylation is 3. The topological polar surface area (TPSA) is 87.7 Å². The highest BCUT2D eigenvalue weighted by Crippen LogP contribution is 2.45. The summed E-state index contributed by atoms with van der Waals surface area (Å²) in [5, 5.41) is 7.09. The molecule has 0 fully saturated rings. The SMILES string of the molecule is C=C/C=C\c1c(C)ccnc1-c1ccc2c(c1)c1cc3c(cc1n2C(/C=C\N)=C/C)-c1cc2c(cc1CC3)c1cc(-c3nccc4ccccc34)ccc1n2C(/C=C\N)=C/C. The first kappa shape index (κ1) is 37.6. The van der Waals surface area contributed by atoms with Crippen LogP contribution in [0.2, 0.25) is 0 Å². The highest BCUT2D eigenvalue weighted by molar-refractivity contribution is 6.15. The molecule has 4 heterocycles. The van der Waals surface area contributed by atoms with Gasteiger partial charge in [-0.05, 0) is 152 Å². The molecule has 4 N–H and O–H groups in total. The first-order chi connectivity index (χ1) is 30.0. The van der Waals surface area contributed by atoms with Gasteiger partial charge in [0.2, 0.25) is 0 Å². The van der Waals surface area contributed by atoms with E-state index < -0.39 is 0 Å². The second-order valence-electron chi connectivity index (χ2n) is 15.7. The fraction of sp³-hybridized carbons (Fsp3) is 0.0909. The molecule has 9 aromatic rings. The lowest BCUT2D eigenvalue weighted by Gasteiger charge is -2.22. The molecule has 0 unspecified atom stereocenters. The van der Waals surface area contributed by atoms with Crippen LogP contribution in [0.25, 0.3) is 105 Å². The van der Waals surface area contributed by atoms with Crippen molar-refractivity contribution in [2.45, 2.75) is 33.6 Å². The average Bonchev–Trinajstić information content (AvgIpc) is 3.78. The van der Waals surface area contributed by atoms with E-state index in [0.29, 0.717) is 0 Å². The van der Waals surface area contributed by atoms with Crippen LogP contribution in [0.5, 0.6) is 0 Å². The Balaban J connectivity index is 1.22. The molecule has 0 saturated heterocycles. The Morgan fingerprint density at radius 1 is 0.607 bits per heavy atom. The molecule has 0 amide bonds. The van der Waals surface area contributed by atoms with Crippen LogP contribution in [0, 0.1) is 6.92 Å². The summed E-state index contributed by atoms with van der Waals surface area (Å²) in [5.74, 6) is 0. The molecule has 0 radical (unpaired) electrons. The monoisotopic (exact) mass is 790 g/mol. The number of nitrogens with zero attached hydrogens (tertiary/aromatic N) is 4. The lowest BCUT2D eigenvalue weighted by atomic mass is 9.84. The molecule has 0 aliphatic heterocycles. The minimum absolute atomic E-state index is 0.936. The number of pyridine rings is 2. The molecule has 296 valence electrons. The molecule has 4 aromatic heterocycles. The van der Waals surface area contributed by atoms with E-state index in [0.717, 1.165) is 79.8 Å². The summed E-state index contributed by atoms with van der Waals surface area (Å²) in [6.07, 6.45) is 23.0. The Kier molecular flexibility index (Phi) is 9.33. The molecular weight excluding hydrogens is 745 g/mol. The summed E-state index contributed by atoms with van der Waals surface area (Å²) < 4.78 is 4.69. The van der Waals surface area contributed by atoms with Gasteiger partial charge in [-0.2, -0.15) is 0 Å². The molecule has 0 atom stereocenters. The van der Waals surface area contributed by atoms with E-state index in [-0.39, 0.29) is 0 Å². The van der Waals surface area contributed by atoms with E-state index in [2.05, 4.69) is 152 Å². The Morgan fingerprint density at radius 2 is 1.15 bits per heavy atom. The second kappa shape index (κ2) is 15.2. The van der Waals surface area contributed by atoms with Crippen LogP contribution in [-0.4, -0.2) is 19.1 Å². The third-order valence-electron chi connectivity index (χ3n) is 12.4. The minimum Gasteiger partial charge on any atom is -0.405 e. The van der Waals surface area contributed by atoms with Gasteiger partial charge in [0.25, 0.3) is 0 Å². The largest absolute Gasteiger partial charge is 0.405 e. The van der Waals surface area contributed by atoms with Gasteiger partial charge in [-0.3, -0.25) is 9.97 Å². The zero-order valence-corrected chi connectivity index (χ0v) is 34.7. The van der Waals surface area contributed by atoms with E-state index in [1.165, 1.54) is 54.7 Å². The number of rotatable bonds is 8. The summed E-state index contributed by atoms with van der Waals surface area (Å²) in [4.78, 5) is 9.78. The fourth-order valence-electron chi connectivity index (χ4n) is 9.58. The lowest BCUT2D eigenvalue weighted by Crippen LogP contribution is -2.05. The van der Waals surface area contributed by atoms with E-state index in [1.54, 1.807) is 18.5 Å². The van der Waals surface area contributed by atoms with Gasteiger partial charge < -0.3 is 20.6 Å². The van der Waals surface area contributed by atoms with Crippen molar-refractivity contribution in [1.82, 2.24) is 19.1 Å². The predicted octanol–water partition coefficient (Wildman–Crippen LogP) is 13.1. The quantitative estimate of drug-likeness (QED) is 0.150. The van der Waals surface area contributed by atoms with Gasteiger partial charge in [-0.15, -0.1) is 0 Å². The molecule has 5 aromatic carbocycles. The van der Waals surface area contributed by atoms with Crippen LogP contribution in [-0.2, 0) is 12.8 Å². The first-order valence-corrected chi connectivity index (χ1v) is 20.9. The number of aromatic nitrogens is 4. The summed E-state index contributed by atoms with van der Waals surface area (Å²) >= 11 is 0. The predicted molar refractivity (Wildman–Crippen MR) is 260 cm³/mol. The zero-order chi connectivity index (χ0) is 41.8. The molecular formula is C55H46N6. The molecule has 61 heavy (non-hydrogen) atoms. The zero-order valence-electron chi connectivity index (χ0n) is 34.7. The highest BCUT2D eigenvalue weighted by atomic mass is 15.0. The summed E-state index contributed by atoms with van der Waals surface area (Å²) in [6.45, 7) is 10.2. The van der Waals surface area contributed by atoms with Gasteiger partial charge >= 0.3 is 0 Å². The second-order valence-corrected chi connectivity index (χ2v) is 15.7. The molecule has 0 bridgehead atoms. The van der Waals surface area contributed by atoms with Crippen molar-refractivity contribution in [2.75, 3.05) is 0 Å². The molecule has 0 spiro atoms. The van der Waals surface area contributed by atoms with Gasteiger partial charge in [0.05, 0.1) is 33.5 Å². The van der Waals surface area contributed by atoms with Crippen LogP contribution in [0.4, 0.5) is 0 Å². The Bertz CT molecular complexity index is 3430. The van der Waals surface area contributed by atoms with E-state index in [1.807, 2.05) is 30.6 Å². The highest BCUT2D eigenvalue weighted by Gasteiger charge is 2.25. The van der Waals surface area contributed by atoms with Crippen LogP contribution in [0.3, 0.4) is 0 Å². The Hall–Kier alpha value is -7.70. The standard InChI is InChI=1S/C55H46N6/c1-5-8-12-42-34(4)22-26-58-54(42)38-16-18-50-46(30-38)48-28-36-14-15-37-29-49-47-31-39(55-43-13-10-9-11-35(43)23-27-59-55)17-19-51(47)61(41(7-3)21-25-57)53(49)33-45(37)44(36)32-52(48)60(50)40(6-2)20-24-56/h5-13,16-33H,1,14-15,56-57H2,2-4H3/b12-8-,24-20-,25-21-,40-6+,41-7+. The van der Waals surface area contributed by atoms with Crippen LogP contribution in [0.15, 0.2) is 165 Å². The molecule has 0 saturated carbocycles. The molecule has 6 nitrogen and oxygen atoms in total. The van der Waals surface area contributed by atoms with E-state index >= 15 is 0 Å². The molecule has 1 aliphatic rings. The van der Waals surface area contributed by atoms with Crippen molar-refractivity contribution in [3.8, 4) is 33.6 Å². The van der Waals surface area contributed by atoms with Gasteiger partial charge in [-0.25, -0.2) is 0 Å². The van der Waals surface area contributed by atoms with Crippen molar-refractivity contribution in [1.29, 1.82) is 0 Å². The van der Waals surface area contributed by atoms with Gasteiger partial charge in [0.15, 0.2) is 0 Å². The van der Waals surface area contributed by atoms with Crippen molar-refractivity contribution in [3.05, 3.63) is 187 Å². The summed E-state index contributed by atoms with van der Waals surface area (Å²) in [6, 6.07) is 35.7. The Morgan fingerprint density at radius 3 is 1.72 bits per heavy atom. The molecule has 6 heteroatoms. The number of allylic oxidation sites excluding steroid dienone is 8. The lowest BCUT2D eigenvalue weighted by molar-refractivity contribution is 0.946. The van der Waals surface area contributed by atoms with E-state index in [9.17, 15) is 0 Å². The van der Waals surface area contributed by atoms with Gasteiger partial charge in [0, 0.05) is 67.4 Å². The van der Waals surface area contributed by atoms with Crippen LogP contribution in [0.1, 0.15) is 36.1 Å². The van der Waals surface area contributed by atoms with Crippen molar-refractivity contribution < 1.29 is 0 Å². The minimum atomic E-state index is 0.936. The van der Waals surface area contributed by atoms with Crippen molar-refractivity contribution in [2.24, 2.45) is 11.5 Å². The van der Waals surface area contributed by atoms with E-state index in [4.69, 9.17) is 21.4 Å². The van der Waals surface area contributed by atoms with Crippen molar-refractivity contribution in [3.63, 3.8) is 0 Å². The third kappa shape index (κ3) is 6.02. The summed E-state index contributed by atoms with van der Waals surface area (Å²) in [7, 11) is 0. The molecule has 1 aliphatic carbocycles. The number of hydrogen-bond acceptors (Lipinski definition) is 4. The normalized spacial score (nSPS) is 13.6. The van der Waals surface area contributed by atoms with Crippen LogP contribution < -0.4 is 11.5 Å². The van der Waals surface area contributed by atoms with Crippen molar-refractivity contribution >= 4 is 71.9 Å². The summed E-state index contributed by atoms with van der Waals surface area (Å²) in [5.41, 5.74) is 30.2. The number of hydrogen-bond donors (Lipinski definition) is 2. The maximum atomic E-state index is 6.09. The average molecular weight is 791 g/mol. The molecule has 10 rings (SSSR count). The number of fused-ring (bicyclic) bond motifs is 10. The third-order valence-corrected chi connectivity index (χ3v) is 12.4. The first-order valence-electron chi connectivity index (χ1n) is 20.9. The van der Waals surface area contributed by atoms with Gasteiger partial charge in [0.1, 0.15) is 0 Å². The number of nitrogens with two attached hydrogens (primary N) is 2. The maximum Gasteiger partial charge on any atom is 0.0780 e. The fourth-order valence-corrected chi connectivity index (χ4v) is 9.58.